The van der Waals surface area contributed by atoms with Crippen molar-refractivity contribution in [1.29, 1.82) is 0 Å². The number of benzene rings is 2. The Balaban J connectivity index is 1.81. The Morgan fingerprint density at radius 1 is 1.22 bits per heavy atom. The Morgan fingerprint density at radius 2 is 2.00 bits per heavy atom. The number of piperidine rings is 1. The van der Waals surface area contributed by atoms with Gasteiger partial charge in [0, 0.05) is 36.1 Å². The maximum Gasteiger partial charge on any atom is 0.418 e. The van der Waals surface area contributed by atoms with E-state index in [1.165, 1.54) is 6.07 Å². The Kier molecular flexibility index (Phi) is 4.76. The van der Waals surface area contributed by atoms with Crippen molar-refractivity contribution in [2.45, 2.75) is 29.5 Å². The molecule has 0 saturated carbocycles. The summed E-state index contributed by atoms with van der Waals surface area (Å²) in [6, 6.07) is 10.9. The van der Waals surface area contributed by atoms with Gasteiger partial charge in [-0.25, -0.2) is 0 Å². The van der Waals surface area contributed by atoms with Crippen LogP contribution in [0.1, 0.15) is 23.5 Å². The predicted octanol–water partition coefficient (Wildman–Crippen LogP) is 5.07. The summed E-state index contributed by atoms with van der Waals surface area (Å²) >= 11 is 1.57. The van der Waals surface area contributed by atoms with E-state index in [1.54, 1.807) is 18.8 Å². The number of hydrogen-bond donors (Lipinski definition) is 2. The second-order valence-electron chi connectivity index (χ2n) is 7.06. The van der Waals surface area contributed by atoms with Crippen LogP contribution in [0.25, 0.3) is 0 Å². The highest BCUT2D eigenvalue weighted by atomic mass is 32.2. The van der Waals surface area contributed by atoms with Crippen LogP contribution in [-0.4, -0.2) is 32.4 Å². The van der Waals surface area contributed by atoms with Crippen molar-refractivity contribution in [3.05, 3.63) is 47.5 Å². The first-order valence-corrected chi connectivity index (χ1v) is 10.2. The minimum Gasteiger partial charge on any atom is -0.370 e. The molecule has 0 radical (unpaired) electrons. The van der Waals surface area contributed by atoms with Gasteiger partial charge in [-0.1, -0.05) is 12.1 Å². The topological polar surface area (TPSA) is 27.3 Å². The number of nitrogens with one attached hydrogen (secondary N) is 2. The molecule has 4 rings (SSSR count). The molecule has 27 heavy (non-hydrogen) atoms. The summed E-state index contributed by atoms with van der Waals surface area (Å²) in [6.07, 6.45) is -1.58. The molecule has 2 heterocycles. The molecule has 3 nitrogen and oxygen atoms in total. The first kappa shape index (κ1) is 18.5. The van der Waals surface area contributed by atoms with Crippen molar-refractivity contribution in [3.8, 4) is 0 Å². The van der Waals surface area contributed by atoms with Crippen molar-refractivity contribution in [3.63, 3.8) is 0 Å². The minimum atomic E-state index is -4.39. The first-order valence-electron chi connectivity index (χ1n) is 8.99. The predicted molar refractivity (Wildman–Crippen MR) is 105 cm³/mol. The molecule has 0 unspecified atom stereocenters. The normalized spacial score (nSPS) is 21.7. The van der Waals surface area contributed by atoms with Gasteiger partial charge in [0.05, 0.1) is 16.9 Å². The highest BCUT2D eigenvalue weighted by Crippen LogP contribution is 2.50. The monoisotopic (exact) mass is 393 g/mol. The zero-order valence-electron chi connectivity index (χ0n) is 15.2. The summed E-state index contributed by atoms with van der Waals surface area (Å²) in [4.78, 5) is 2.84. The second-order valence-corrected chi connectivity index (χ2v) is 7.91. The third-order valence-corrected chi connectivity index (χ3v) is 6.32. The molecule has 0 spiro atoms. The highest BCUT2D eigenvalue weighted by Gasteiger charge is 2.45. The van der Waals surface area contributed by atoms with Crippen LogP contribution in [-0.2, 0) is 6.18 Å². The Morgan fingerprint density at radius 3 is 2.74 bits per heavy atom. The number of halogens is 3. The molecule has 2 aromatic rings. The van der Waals surface area contributed by atoms with E-state index in [4.69, 9.17) is 0 Å². The van der Waals surface area contributed by atoms with E-state index in [9.17, 15) is 13.2 Å². The molecule has 0 aromatic heterocycles. The van der Waals surface area contributed by atoms with E-state index in [0.29, 0.717) is 17.9 Å². The first-order chi connectivity index (χ1) is 12.9. The summed E-state index contributed by atoms with van der Waals surface area (Å²) in [5.74, 6) is 0.0809. The van der Waals surface area contributed by atoms with Gasteiger partial charge in [0.15, 0.2) is 0 Å². The molecule has 1 fully saturated rings. The molecule has 2 aliphatic heterocycles. The molecule has 2 aromatic carbocycles. The lowest BCUT2D eigenvalue weighted by molar-refractivity contribution is -0.137. The van der Waals surface area contributed by atoms with Crippen LogP contribution in [0.5, 0.6) is 0 Å². The lowest BCUT2D eigenvalue weighted by Gasteiger charge is -2.31. The fourth-order valence-electron chi connectivity index (χ4n) is 4.32. The highest BCUT2D eigenvalue weighted by molar-refractivity contribution is 7.98. The largest absolute Gasteiger partial charge is 0.418 e. The van der Waals surface area contributed by atoms with E-state index in [0.717, 1.165) is 29.1 Å². The molecular weight excluding hydrogens is 371 g/mol. The Bertz CT molecular complexity index is 853. The lowest BCUT2D eigenvalue weighted by Crippen LogP contribution is -2.42. The smallest absolute Gasteiger partial charge is 0.370 e. The van der Waals surface area contributed by atoms with Gasteiger partial charge in [-0.05, 0) is 49.1 Å². The molecule has 0 aliphatic carbocycles. The van der Waals surface area contributed by atoms with Gasteiger partial charge in [0.25, 0.3) is 0 Å². The Hall–Kier alpha value is -1.86. The van der Waals surface area contributed by atoms with Crippen molar-refractivity contribution < 1.29 is 13.2 Å². The van der Waals surface area contributed by atoms with Crippen molar-refractivity contribution >= 4 is 28.8 Å². The summed E-state index contributed by atoms with van der Waals surface area (Å²) in [6.45, 7) is 1.55. The van der Waals surface area contributed by atoms with Gasteiger partial charge in [-0.15, -0.1) is 11.8 Å². The van der Waals surface area contributed by atoms with Gasteiger partial charge >= 0.3 is 6.18 Å². The number of alkyl halides is 3. The standard InChI is InChI=1S/C20H22F3N3S/c1-26-17-7-8-24-11-14(17)13-9-12(10-15(19(13)26)20(21,22)23)25-16-5-3-4-6-18(16)27-2/h3-6,9-10,14,17,24-25H,7-8,11H2,1-2H3/t14-,17-/m0/s1. The number of fused-ring (bicyclic) bond motifs is 3. The number of para-hydroxylation sites is 1. The third-order valence-electron chi connectivity index (χ3n) is 5.53. The fourth-order valence-corrected chi connectivity index (χ4v) is 4.87. The number of nitrogens with zero attached hydrogens (tertiary/aromatic N) is 1. The molecule has 2 aliphatic rings. The van der Waals surface area contributed by atoms with Gasteiger partial charge < -0.3 is 15.5 Å². The molecule has 2 N–H and O–H groups in total. The van der Waals surface area contributed by atoms with Gasteiger partial charge in [-0.2, -0.15) is 13.2 Å². The quantitative estimate of drug-likeness (QED) is 0.713. The Labute approximate surface area is 161 Å². The lowest BCUT2D eigenvalue weighted by atomic mass is 9.89. The second kappa shape index (κ2) is 6.95. The van der Waals surface area contributed by atoms with Crippen LogP contribution >= 0.6 is 11.8 Å². The molecule has 0 bridgehead atoms. The molecule has 144 valence electrons. The number of hydrogen-bond acceptors (Lipinski definition) is 4. The van der Waals surface area contributed by atoms with E-state index in [-0.39, 0.29) is 12.0 Å². The number of thioether (sulfide) groups is 1. The maximum atomic E-state index is 13.9. The molecule has 1 saturated heterocycles. The maximum absolute atomic E-state index is 13.9. The van der Waals surface area contributed by atoms with Crippen LogP contribution in [0.4, 0.5) is 30.2 Å². The fraction of sp³-hybridized carbons (Fsp3) is 0.400. The summed E-state index contributed by atoms with van der Waals surface area (Å²) in [7, 11) is 1.79. The zero-order valence-corrected chi connectivity index (χ0v) is 16.0. The summed E-state index contributed by atoms with van der Waals surface area (Å²) in [5, 5.41) is 6.55. The summed E-state index contributed by atoms with van der Waals surface area (Å²) in [5.41, 5.74) is 1.88. The van der Waals surface area contributed by atoms with Crippen molar-refractivity contribution in [2.24, 2.45) is 0 Å². The molecule has 0 amide bonds. The van der Waals surface area contributed by atoms with Crippen molar-refractivity contribution in [1.82, 2.24) is 5.32 Å². The van der Waals surface area contributed by atoms with Gasteiger partial charge in [0.2, 0.25) is 0 Å². The minimum absolute atomic E-state index is 0.0809. The van der Waals surface area contributed by atoms with Crippen LogP contribution in [0, 0.1) is 0 Å². The average molecular weight is 393 g/mol. The van der Waals surface area contributed by atoms with Crippen LogP contribution < -0.4 is 15.5 Å². The number of anilines is 3. The summed E-state index contributed by atoms with van der Waals surface area (Å²) < 4.78 is 41.7. The van der Waals surface area contributed by atoms with Gasteiger partial charge in [-0.3, -0.25) is 0 Å². The number of likely N-dealkylation sites (N-methyl/N-ethyl adjacent to an activating group) is 1. The van der Waals surface area contributed by atoms with Crippen LogP contribution in [0.2, 0.25) is 0 Å². The molecular formula is C20H22F3N3S. The average Bonchev–Trinajstić information content (AvgIpc) is 2.94. The van der Waals surface area contributed by atoms with E-state index < -0.39 is 11.7 Å². The number of rotatable bonds is 3. The van der Waals surface area contributed by atoms with Gasteiger partial charge in [0.1, 0.15) is 0 Å². The van der Waals surface area contributed by atoms with E-state index in [1.807, 2.05) is 41.5 Å². The van der Waals surface area contributed by atoms with E-state index >= 15 is 0 Å². The van der Waals surface area contributed by atoms with Crippen molar-refractivity contribution in [2.75, 3.05) is 36.6 Å². The van der Waals surface area contributed by atoms with E-state index in [2.05, 4.69) is 10.6 Å². The SMILES string of the molecule is CSc1ccccc1Nc1cc2c(c(C(F)(F)F)c1)N(C)[C@H]1CCNC[C@@H]21. The van der Waals surface area contributed by atoms with Crippen LogP contribution in [0.3, 0.4) is 0 Å². The third kappa shape index (κ3) is 3.27. The van der Waals surface area contributed by atoms with Crippen LogP contribution in [0.15, 0.2) is 41.3 Å². The molecule has 7 heteroatoms. The zero-order chi connectivity index (χ0) is 19.2. The molecule has 2 atom stereocenters.